The number of anilines is 2. The standard InChI is InChI=1S/C16H18ClN3/c1-11-8-14(16(17)20-9-11)19-10-13-5-2-4-12-6-3-7-18-15(12)13/h2,4-5,8-9,18-19H,3,6-7,10H2,1H3. The van der Waals surface area contributed by atoms with Crippen molar-refractivity contribution in [1.29, 1.82) is 0 Å². The first-order valence-corrected chi connectivity index (χ1v) is 7.32. The molecule has 2 N–H and O–H groups in total. The molecule has 0 saturated heterocycles. The molecule has 4 heteroatoms. The third-order valence-electron chi connectivity index (χ3n) is 3.61. The van der Waals surface area contributed by atoms with Crippen LogP contribution in [0.3, 0.4) is 0 Å². The Morgan fingerprint density at radius 2 is 2.30 bits per heavy atom. The van der Waals surface area contributed by atoms with E-state index >= 15 is 0 Å². The average molecular weight is 288 g/mol. The molecule has 0 atom stereocenters. The van der Waals surface area contributed by atoms with Crippen molar-refractivity contribution in [2.45, 2.75) is 26.3 Å². The molecule has 2 heterocycles. The summed E-state index contributed by atoms with van der Waals surface area (Å²) in [6.45, 7) is 3.82. The number of nitrogens with one attached hydrogen (secondary N) is 2. The van der Waals surface area contributed by atoms with Gasteiger partial charge in [-0.3, -0.25) is 0 Å². The highest BCUT2D eigenvalue weighted by atomic mass is 35.5. The summed E-state index contributed by atoms with van der Waals surface area (Å²) in [6.07, 6.45) is 4.14. The van der Waals surface area contributed by atoms with Gasteiger partial charge in [0.05, 0.1) is 5.69 Å². The van der Waals surface area contributed by atoms with Gasteiger partial charge in [0.25, 0.3) is 0 Å². The van der Waals surface area contributed by atoms with Crippen LogP contribution in [-0.4, -0.2) is 11.5 Å². The highest BCUT2D eigenvalue weighted by Crippen LogP contribution is 2.27. The molecule has 3 nitrogen and oxygen atoms in total. The largest absolute Gasteiger partial charge is 0.385 e. The lowest BCUT2D eigenvalue weighted by molar-refractivity contribution is 0.825. The predicted octanol–water partition coefficient (Wildman–Crippen LogP) is 4.01. The summed E-state index contributed by atoms with van der Waals surface area (Å²) in [7, 11) is 0. The van der Waals surface area contributed by atoms with Crippen LogP contribution in [0, 0.1) is 6.92 Å². The smallest absolute Gasteiger partial charge is 0.152 e. The van der Waals surface area contributed by atoms with Crippen molar-refractivity contribution in [1.82, 2.24) is 4.98 Å². The van der Waals surface area contributed by atoms with Crippen LogP contribution in [0.15, 0.2) is 30.5 Å². The Hall–Kier alpha value is -1.74. The highest BCUT2D eigenvalue weighted by Gasteiger charge is 2.12. The number of benzene rings is 1. The van der Waals surface area contributed by atoms with E-state index in [4.69, 9.17) is 11.6 Å². The van der Waals surface area contributed by atoms with Crippen molar-refractivity contribution >= 4 is 23.0 Å². The topological polar surface area (TPSA) is 37.0 Å². The summed E-state index contributed by atoms with van der Waals surface area (Å²) in [5, 5.41) is 7.41. The molecule has 104 valence electrons. The van der Waals surface area contributed by atoms with E-state index in [0.29, 0.717) is 5.15 Å². The van der Waals surface area contributed by atoms with E-state index in [1.165, 1.54) is 23.2 Å². The van der Waals surface area contributed by atoms with E-state index in [1.807, 2.05) is 13.0 Å². The SMILES string of the molecule is Cc1cnc(Cl)c(NCc2cccc3c2NCCC3)c1. The van der Waals surface area contributed by atoms with Crippen molar-refractivity contribution in [3.05, 3.63) is 52.3 Å². The van der Waals surface area contributed by atoms with Gasteiger partial charge in [-0.25, -0.2) is 4.98 Å². The molecule has 0 amide bonds. The summed E-state index contributed by atoms with van der Waals surface area (Å²) < 4.78 is 0. The lowest BCUT2D eigenvalue weighted by atomic mass is 9.99. The maximum Gasteiger partial charge on any atom is 0.152 e. The second-order valence-corrected chi connectivity index (χ2v) is 5.54. The van der Waals surface area contributed by atoms with Gasteiger partial charge in [-0.15, -0.1) is 0 Å². The zero-order valence-electron chi connectivity index (χ0n) is 11.5. The lowest BCUT2D eigenvalue weighted by Gasteiger charge is -2.21. The fraction of sp³-hybridized carbons (Fsp3) is 0.312. The van der Waals surface area contributed by atoms with Gasteiger partial charge >= 0.3 is 0 Å². The van der Waals surface area contributed by atoms with Gasteiger partial charge in [-0.2, -0.15) is 0 Å². The number of aryl methyl sites for hydroxylation is 2. The number of para-hydroxylation sites is 1. The van der Waals surface area contributed by atoms with Gasteiger partial charge < -0.3 is 10.6 Å². The Morgan fingerprint density at radius 3 is 3.20 bits per heavy atom. The van der Waals surface area contributed by atoms with Gasteiger partial charge in [0.2, 0.25) is 0 Å². The molecular formula is C16H18ClN3. The molecule has 0 fully saturated rings. The number of aromatic nitrogens is 1. The van der Waals surface area contributed by atoms with Gasteiger partial charge in [0, 0.05) is 25.0 Å². The van der Waals surface area contributed by atoms with Crippen LogP contribution in [0.25, 0.3) is 0 Å². The molecule has 0 saturated carbocycles. The summed E-state index contributed by atoms with van der Waals surface area (Å²) in [6, 6.07) is 8.50. The summed E-state index contributed by atoms with van der Waals surface area (Å²) >= 11 is 6.12. The third kappa shape index (κ3) is 2.73. The summed E-state index contributed by atoms with van der Waals surface area (Å²) in [4.78, 5) is 4.17. The van der Waals surface area contributed by atoms with Gasteiger partial charge in [-0.05, 0) is 42.5 Å². The van der Waals surface area contributed by atoms with Crippen LogP contribution in [0.2, 0.25) is 5.15 Å². The maximum absolute atomic E-state index is 6.12. The predicted molar refractivity (Wildman–Crippen MR) is 84.6 cm³/mol. The van der Waals surface area contributed by atoms with Crippen LogP contribution < -0.4 is 10.6 Å². The Labute approximate surface area is 124 Å². The maximum atomic E-state index is 6.12. The molecule has 1 aromatic heterocycles. The van der Waals surface area contributed by atoms with Crippen molar-refractivity contribution in [2.24, 2.45) is 0 Å². The minimum atomic E-state index is 0.522. The average Bonchev–Trinajstić information content (AvgIpc) is 2.48. The lowest BCUT2D eigenvalue weighted by Crippen LogP contribution is -2.15. The normalized spacial score (nSPS) is 13.5. The quantitative estimate of drug-likeness (QED) is 0.838. The summed E-state index contributed by atoms with van der Waals surface area (Å²) in [5.41, 5.74) is 5.96. The number of nitrogens with zero attached hydrogens (tertiary/aromatic N) is 1. The van der Waals surface area contributed by atoms with Gasteiger partial charge in [-0.1, -0.05) is 29.8 Å². The van der Waals surface area contributed by atoms with Crippen LogP contribution >= 0.6 is 11.6 Å². The monoisotopic (exact) mass is 287 g/mol. The zero-order valence-corrected chi connectivity index (χ0v) is 12.3. The number of pyridine rings is 1. The van der Waals surface area contributed by atoms with E-state index in [0.717, 1.165) is 30.8 Å². The fourth-order valence-electron chi connectivity index (χ4n) is 2.60. The highest BCUT2D eigenvalue weighted by molar-refractivity contribution is 6.31. The molecule has 1 aromatic carbocycles. The first-order valence-electron chi connectivity index (χ1n) is 6.95. The molecule has 0 bridgehead atoms. The Kier molecular flexibility index (Phi) is 3.79. The minimum Gasteiger partial charge on any atom is -0.385 e. The first-order chi connectivity index (χ1) is 9.74. The third-order valence-corrected chi connectivity index (χ3v) is 3.91. The van der Waals surface area contributed by atoms with E-state index in [9.17, 15) is 0 Å². The van der Waals surface area contributed by atoms with E-state index in [-0.39, 0.29) is 0 Å². The second-order valence-electron chi connectivity index (χ2n) is 5.19. The number of hydrogen-bond donors (Lipinski definition) is 2. The Morgan fingerprint density at radius 1 is 1.40 bits per heavy atom. The Balaban J connectivity index is 1.80. The molecular weight excluding hydrogens is 270 g/mol. The van der Waals surface area contributed by atoms with Crippen molar-refractivity contribution in [3.8, 4) is 0 Å². The molecule has 1 aliphatic heterocycles. The molecule has 0 radical (unpaired) electrons. The minimum absolute atomic E-state index is 0.522. The number of halogens is 1. The van der Waals surface area contributed by atoms with Crippen LogP contribution in [-0.2, 0) is 13.0 Å². The number of rotatable bonds is 3. The van der Waals surface area contributed by atoms with E-state index in [1.54, 1.807) is 6.20 Å². The molecule has 0 unspecified atom stereocenters. The molecule has 20 heavy (non-hydrogen) atoms. The Bertz CT molecular complexity index is 625. The second kappa shape index (κ2) is 5.71. The van der Waals surface area contributed by atoms with Gasteiger partial charge in [0.1, 0.15) is 0 Å². The molecule has 3 rings (SSSR count). The van der Waals surface area contributed by atoms with Crippen LogP contribution in [0.4, 0.5) is 11.4 Å². The molecule has 1 aliphatic rings. The van der Waals surface area contributed by atoms with Crippen molar-refractivity contribution < 1.29 is 0 Å². The van der Waals surface area contributed by atoms with Crippen molar-refractivity contribution in [2.75, 3.05) is 17.2 Å². The molecule has 2 aromatic rings. The number of fused-ring (bicyclic) bond motifs is 1. The first kappa shape index (κ1) is 13.3. The summed E-state index contributed by atoms with van der Waals surface area (Å²) in [5.74, 6) is 0. The number of hydrogen-bond acceptors (Lipinski definition) is 3. The molecule has 0 aliphatic carbocycles. The van der Waals surface area contributed by atoms with E-state index < -0.39 is 0 Å². The van der Waals surface area contributed by atoms with Crippen LogP contribution in [0.5, 0.6) is 0 Å². The zero-order chi connectivity index (χ0) is 13.9. The van der Waals surface area contributed by atoms with E-state index in [2.05, 4.69) is 33.8 Å². The van der Waals surface area contributed by atoms with Gasteiger partial charge in [0.15, 0.2) is 5.15 Å². The molecule has 0 spiro atoms. The van der Waals surface area contributed by atoms with Crippen molar-refractivity contribution in [3.63, 3.8) is 0 Å². The fourth-order valence-corrected chi connectivity index (χ4v) is 2.77. The van der Waals surface area contributed by atoms with Crippen LogP contribution in [0.1, 0.15) is 23.1 Å².